The Hall–Kier alpha value is -2.00. The summed E-state index contributed by atoms with van der Waals surface area (Å²) in [6.07, 6.45) is 7.45. The van der Waals surface area contributed by atoms with Crippen molar-refractivity contribution in [1.82, 2.24) is 0 Å². The molecule has 0 aliphatic heterocycles. The number of carbonyl (C=O) groups excluding carboxylic acids is 1. The van der Waals surface area contributed by atoms with E-state index in [1.807, 2.05) is 18.2 Å². The average Bonchev–Trinajstić information content (AvgIpc) is 2.47. The summed E-state index contributed by atoms with van der Waals surface area (Å²) in [5.74, 6) is 0.105. The van der Waals surface area contributed by atoms with Gasteiger partial charge in [-0.3, -0.25) is 9.79 Å². The molecule has 136 valence electrons. The molecule has 0 atom stereocenters. The Morgan fingerprint density at radius 3 is 1.92 bits per heavy atom. The minimum atomic E-state index is -0.261. The maximum atomic E-state index is 13.0. The van der Waals surface area contributed by atoms with Crippen LogP contribution in [-0.2, 0) is 9.53 Å². The van der Waals surface area contributed by atoms with E-state index >= 15 is 0 Å². The molecule has 3 heteroatoms. The predicted octanol–water partition coefficient (Wildman–Crippen LogP) is 5.23. The van der Waals surface area contributed by atoms with Crippen LogP contribution in [0.1, 0.15) is 41.5 Å². The monoisotopic (exact) mass is 341 g/mol. The van der Waals surface area contributed by atoms with Crippen molar-refractivity contribution >= 4 is 12.5 Å². The lowest BCUT2D eigenvalue weighted by molar-refractivity contribution is -0.114. The minimum absolute atomic E-state index is 0.105. The number of hydrogen-bond acceptors (Lipinski definition) is 3. The van der Waals surface area contributed by atoms with E-state index < -0.39 is 0 Å². The van der Waals surface area contributed by atoms with Gasteiger partial charge in [0, 0.05) is 29.4 Å². The van der Waals surface area contributed by atoms with Crippen LogP contribution in [0.3, 0.4) is 0 Å². The van der Waals surface area contributed by atoms with E-state index in [0.29, 0.717) is 6.61 Å². The third-order valence-electron chi connectivity index (χ3n) is 4.06. The molecule has 1 aliphatic rings. The smallest absolute Gasteiger partial charge is 0.186 e. The highest BCUT2D eigenvalue weighted by atomic mass is 16.5. The topological polar surface area (TPSA) is 38.7 Å². The summed E-state index contributed by atoms with van der Waals surface area (Å²) in [6, 6.07) is 0. The van der Waals surface area contributed by atoms with Crippen molar-refractivity contribution in [1.29, 1.82) is 0 Å². The number of rotatable bonds is 5. The number of Topliss-reactive ketones (excluding diaryl/α,β-unsaturated/α-hetero) is 1. The summed E-state index contributed by atoms with van der Waals surface area (Å²) in [5.41, 5.74) is 3.53. The van der Waals surface area contributed by atoms with Gasteiger partial charge in [0.25, 0.3) is 0 Å². The van der Waals surface area contributed by atoms with Crippen molar-refractivity contribution in [2.45, 2.75) is 41.5 Å². The number of ether oxygens (including phenoxy) is 1. The third kappa shape index (κ3) is 4.99. The van der Waals surface area contributed by atoms with Crippen molar-refractivity contribution in [3.8, 4) is 0 Å². The number of methoxy groups -OCH3 is 1. The lowest BCUT2D eigenvalue weighted by atomic mass is 9.71. The minimum Gasteiger partial charge on any atom is -0.380 e. The Morgan fingerprint density at radius 1 is 1.12 bits per heavy atom. The zero-order chi connectivity index (χ0) is 19.4. The standard InChI is InChI=1S/C22H31NO2/c1-10-11-15(14-25-9)19(23-8)16-12-17(21(2,3)4)20(24)18(13-16)22(5,6)7/h10-13H,1,8,14H2,2-7,9H3/b15-11+. The first-order valence-electron chi connectivity index (χ1n) is 8.48. The van der Waals surface area contributed by atoms with Gasteiger partial charge in [-0.1, -0.05) is 60.3 Å². The molecule has 0 saturated carbocycles. The van der Waals surface area contributed by atoms with Gasteiger partial charge in [0.2, 0.25) is 0 Å². The third-order valence-corrected chi connectivity index (χ3v) is 4.06. The number of aliphatic imine (C=N–C) groups is 1. The average molecular weight is 341 g/mol. The van der Waals surface area contributed by atoms with Crippen LogP contribution in [0.5, 0.6) is 0 Å². The van der Waals surface area contributed by atoms with E-state index in [9.17, 15) is 4.79 Å². The van der Waals surface area contributed by atoms with Crippen LogP contribution in [-0.4, -0.2) is 26.2 Å². The summed E-state index contributed by atoms with van der Waals surface area (Å²) in [6.45, 7) is 20.2. The first-order valence-corrected chi connectivity index (χ1v) is 8.48. The molecule has 0 unspecified atom stereocenters. The number of hydrogen-bond donors (Lipinski definition) is 0. The second-order valence-corrected chi connectivity index (χ2v) is 8.27. The molecule has 0 aromatic carbocycles. The molecular weight excluding hydrogens is 310 g/mol. The van der Waals surface area contributed by atoms with Crippen LogP contribution in [0.25, 0.3) is 0 Å². The number of allylic oxidation sites excluding steroid dienone is 7. The normalized spacial score (nSPS) is 16.4. The van der Waals surface area contributed by atoms with Crippen LogP contribution in [0.15, 0.2) is 63.9 Å². The SMILES string of the molecule is C=C/C=C(\COC)C(N=C)=C1C=C(C(C)(C)C)C(=O)C(C(C)(C)C)=C1. The van der Waals surface area contributed by atoms with E-state index in [4.69, 9.17) is 4.74 Å². The molecule has 3 nitrogen and oxygen atoms in total. The van der Waals surface area contributed by atoms with E-state index in [2.05, 4.69) is 59.8 Å². The Bertz CT molecular complexity index is 651. The van der Waals surface area contributed by atoms with E-state index in [0.717, 1.165) is 28.0 Å². The van der Waals surface area contributed by atoms with Gasteiger partial charge in [-0.15, -0.1) is 0 Å². The first kappa shape index (κ1) is 21.0. The fraction of sp³-hybridized carbons (Fsp3) is 0.455. The van der Waals surface area contributed by atoms with Crippen LogP contribution in [0.4, 0.5) is 0 Å². The molecule has 0 amide bonds. The molecule has 0 saturated heterocycles. The van der Waals surface area contributed by atoms with Gasteiger partial charge >= 0.3 is 0 Å². The van der Waals surface area contributed by atoms with Crippen LogP contribution in [0.2, 0.25) is 0 Å². The highest BCUT2D eigenvalue weighted by molar-refractivity contribution is 6.11. The molecule has 0 spiro atoms. The zero-order valence-corrected chi connectivity index (χ0v) is 16.7. The first-order chi connectivity index (χ1) is 11.5. The summed E-state index contributed by atoms with van der Waals surface area (Å²) < 4.78 is 5.29. The molecule has 0 radical (unpaired) electrons. The van der Waals surface area contributed by atoms with E-state index in [1.165, 1.54) is 0 Å². The largest absolute Gasteiger partial charge is 0.380 e. The summed E-state index contributed by atoms with van der Waals surface area (Å²) >= 11 is 0. The number of nitrogens with zero attached hydrogens (tertiary/aromatic N) is 1. The molecule has 0 fully saturated rings. The van der Waals surface area contributed by atoms with E-state index in [-0.39, 0.29) is 16.6 Å². The van der Waals surface area contributed by atoms with Gasteiger partial charge in [0.15, 0.2) is 5.78 Å². The molecule has 0 heterocycles. The fourth-order valence-electron chi connectivity index (χ4n) is 2.75. The highest BCUT2D eigenvalue weighted by Crippen LogP contribution is 2.40. The zero-order valence-electron chi connectivity index (χ0n) is 16.7. The Morgan fingerprint density at radius 2 is 1.60 bits per heavy atom. The lowest BCUT2D eigenvalue weighted by Gasteiger charge is -2.31. The molecule has 1 rings (SSSR count). The molecular formula is C22H31NO2. The van der Waals surface area contributed by atoms with Gasteiger partial charge in [0.1, 0.15) is 0 Å². The molecule has 25 heavy (non-hydrogen) atoms. The summed E-state index contributed by atoms with van der Waals surface area (Å²) in [7, 11) is 1.64. The van der Waals surface area contributed by atoms with Crippen molar-refractivity contribution < 1.29 is 9.53 Å². The Kier molecular flexibility index (Phi) is 6.67. The van der Waals surface area contributed by atoms with Gasteiger partial charge in [-0.2, -0.15) is 0 Å². The Labute approximate surface area is 152 Å². The van der Waals surface area contributed by atoms with Crippen molar-refractivity contribution in [2.24, 2.45) is 15.8 Å². The van der Waals surface area contributed by atoms with Gasteiger partial charge in [0.05, 0.1) is 12.3 Å². The quantitative estimate of drug-likeness (QED) is 0.507. The fourth-order valence-corrected chi connectivity index (χ4v) is 2.75. The number of ketones is 1. The molecule has 0 bridgehead atoms. The molecule has 0 N–H and O–H groups in total. The van der Waals surface area contributed by atoms with Crippen LogP contribution >= 0.6 is 0 Å². The molecule has 1 aliphatic carbocycles. The maximum absolute atomic E-state index is 13.0. The van der Waals surface area contributed by atoms with Crippen molar-refractivity contribution in [3.05, 3.63) is 58.9 Å². The summed E-state index contributed by atoms with van der Waals surface area (Å²) in [4.78, 5) is 17.3. The van der Waals surface area contributed by atoms with Gasteiger partial charge in [-0.05, 0) is 29.7 Å². The van der Waals surface area contributed by atoms with Crippen LogP contribution < -0.4 is 0 Å². The number of carbonyl (C=O) groups is 1. The highest BCUT2D eigenvalue weighted by Gasteiger charge is 2.34. The van der Waals surface area contributed by atoms with Crippen molar-refractivity contribution in [2.75, 3.05) is 13.7 Å². The van der Waals surface area contributed by atoms with E-state index in [1.54, 1.807) is 13.2 Å². The summed E-state index contributed by atoms with van der Waals surface area (Å²) in [5, 5.41) is 0. The lowest BCUT2D eigenvalue weighted by Crippen LogP contribution is -2.28. The molecule has 0 aromatic rings. The second-order valence-electron chi connectivity index (χ2n) is 8.27. The van der Waals surface area contributed by atoms with Gasteiger partial charge < -0.3 is 4.74 Å². The van der Waals surface area contributed by atoms with Crippen molar-refractivity contribution in [3.63, 3.8) is 0 Å². The molecule has 0 aromatic heterocycles. The Balaban J connectivity index is 3.77. The van der Waals surface area contributed by atoms with Crippen LogP contribution in [0, 0.1) is 10.8 Å². The second kappa shape index (κ2) is 7.92. The van der Waals surface area contributed by atoms with Gasteiger partial charge in [-0.25, -0.2) is 0 Å². The predicted molar refractivity (Wildman–Crippen MR) is 107 cm³/mol. The maximum Gasteiger partial charge on any atom is 0.186 e.